The number of fused-ring (bicyclic) bond motifs is 1. The van der Waals surface area contributed by atoms with Gasteiger partial charge in [0.2, 0.25) is 0 Å². The van der Waals surface area contributed by atoms with Gasteiger partial charge in [-0.1, -0.05) is 38.5 Å². The van der Waals surface area contributed by atoms with Crippen LogP contribution in [0.2, 0.25) is 0 Å². The van der Waals surface area contributed by atoms with Gasteiger partial charge in [0.15, 0.2) is 0 Å². The smallest absolute Gasteiger partial charge is 0.126 e. The summed E-state index contributed by atoms with van der Waals surface area (Å²) in [5, 5.41) is 3.98. The largest absolute Gasteiger partial charge is 0.493 e. The van der Waals surface area contributed by atoms with Crippen molar-refractivity contribution in [2.24, 2.45) is 11.8 Å². The van der Waals surface area contributed by atoms with E-state index in [2.05, 4.69) is 44.3 Å². The van der Waals surface area contributed by atoms with Crippen molar-refractivity contribution in [3.8, 4) is 5.75 Å². The predicted octanol–water partition coefficient (Wildman–Crippen LogP) is 4.62. The maximum Gasteiger partial charge on any atom is 0.126 e. The molecule has 0 radical (unpaired) electrons. The summed E-state index contributed by atoms with van der Waals surface area (Å²) < 4.78 is 6.00. The molecule has 1 saturated carbocycles. The third-order valence-corrected chi connectivity index (χ3v) is 5.67. The van der Waals surface area contributed by atoms with Gasteiger partial charge in [-0.2, -0.15) is 0 Å². The molecule has 0 saturated heterocycles. The zero-order chi connectivity index (χ0) is 14.8. The van der Waals surface area contributed by atoms with Crippen LogP contribution < -0.4 is 10.1 Å². The van der Waals surface area contributed by atoms with Gasteiger partial charge in [-0.25, -0.2) is 0 Å². The van der Waals surface area contributed by atoms with Crippen molar-refractivity contribution in [1.82, 2.24) is 5.32 Å². The summed E-state index contributed by atoms with van der Waals surface area (Å²) in [4.78, 5) is 0. The molecule has 0 spiro atoms. The number of aryl methyl sites for hydroxylation is 1. The Morgan fingerprint density at radius 2 is 2.10 bits per heavy atom. The van der Waals surface area contributed by atoms with Crippen molar-refractivity contribution in [3.05, 3.63) is 29.3 Å². The Morgan fingerprint density at radius 1 is 1.24 bits per heavy atom. The van der Waals surface area contributed by atoms with Gasteiger partial charge in [0.25, 0.3) is 0 Å². The number of para-hydroxylation sites is 1. The lowest BCUT2D eigenvalue weighted by Gasteiger charge is -2.27. The molecule has 1 N–H and O–H groups in total. The molecular formula is C19H29NO. The first-order valence-electron chi connectivity index (χ1n) is 8.69. The summed E-state index contributed by atoms with van der Waals surface area (Å²) in [6.45, 7) is 7.78. The Hall–Kier alpha value is -1.02. The molecule has 1 aromatic carbocycles. The molecule has 4 unspecified atom stereocenters. The highest BCUT2D eigenvalue weighted by Gasteiger charge is 2.33. The number of rotatable bonds is 3. The second-order valence-corrected chi connectivity index (χ2v) is 6.91. The van der Waals surface area contributed by atoms with Crippen LogP contribution in [0.1, 0.15) is 63.1 Å². The lowest BCUT2D eigenvalue weighted by atomic mass is 9.92. The number of hydrogen-bond donors (Lipinski definition) is 1. The van der Waals surface area contributed by atoms with Gasteiger partial charge < -0.3 is 10.1 Å². The minimum Gasteiger partial charge on any atom is -0.493 e. The van der Waals surface area contributed by atoms with Crippen LogP contribution in [0.5, 0.6) is 5.75 Å². The molecule has 0 aromatic heterocycles. The first kappa shape index (κ1) is 14.9. The van der Waals surface area contributed by atoms with Crippen molar-refractivity contribution in [3.63, 3.8) is 0 Å². The summed E-state index contributed by atoms with van der Waals surface area (Å²) in [5.74, 6) is 2.83. The van der Waals surface area contributed by atoms with Gasteiger partial charge >= 0.3 is 0 Å². The summed E-state index contributed by atoms with van der Waals surface area (Å²) >= 11 is 0. The topological polar surface area (TPSA) is 21.3 Å². The molecule has 3 rings (SSSR count). The van der Waals surface area contributed by atoms with Crippen molar-refractivity contribution in [2.45, 2.75) is 65.0 Å². The van der Waals surface area contributed by atoms with E-state index in [0.29, 0.717) is 12.1 Å². The lowest BCUT2D eigenvalue weighted by molar-refractivity contribution is 0.303. The van der Waals surface area contributed by atoms with E-state index >= 15 is 0 Å². The van der Waals surface area contributed by atoms with Crippen molar-refractivity contribution in [1.29, 1.82) is 0 Å². The summed E-state index contributed by atoms with van der Waals surface area (Å²) in [6, 6.07) is 7.72. The molecule has 1 aromatic rings. The third kappa shape index (κ3) is 2.96. The monoisotopic (exact) mass is 287 g/mol. The summed E-state index contributed by atoms with van der Waals surface area (Å²) in [6.07, 6.45) is 6.38. The van der Waals surface area contributed by atoms with Crippen LogP contribution in [-0.2, 0) is 0 Å². The molecule has 1 aliphatic heterocycles. The van der Waals surface area contributed by atoms with Crippen LogP contribution in [-0.4, -0.2) is 12.6 Å². The Morgan fingerprint density at radius 3 is 2.86 bits per heavy atom. The molecule has 2 heteroatoms. The summed E-state index contributed by atoms with van der Waals surface area (Å²) in [7, 11) is 0. The highest BCUT2D eigenvalue weighted by atomic mass is 16.5. The van der Waals surface area contributed by atoms with Gasteiger partial charge in [-0.15, -0.1) is 0 Å². The lowest BCUT2D eigenvalue weighted by Crippen LogP contribution is -2.35. The van der Waals surface area contributed by atoms with Crippen molar-refractivity contribution < 1.29 is 4.74 Å². The van der Waals surface area contributed by atoms with Gasteiger partial charge in [0, 0.05) is 17.6 Å². The maximum absolute atomic E-state index is 6.00. The average molecular weight is 287 g/mol. The number of nitrogens with one attached hydrogen (secondary N) is 1. The van der Waals surface area contributed by atoms with E-state index in [0.717, 1.165) is 30.6 Å². The van der Waals surface area contributed by atoms with Gasteiger partial charge in [0.05, 0.1) is 6.61 Å². The second kappa shape index (κ2) is 6.39. The third-order valence-electron chi connectivity index (χ3n) is 5.67. The average Bonchev–Trinajstić information content (AvgIpc) is 2.70. The first-order valence-corrected chi connectivity index (χ1v) is 8.69. The standard InChI is InChI=1S/C19H29NO/c1-4-15-10-11-17(14(15)3)20-18-9-6-12-21-19-13(2)7-5-8-16(18)19/h5,7-8,14-15,17-18,20H,4,6,9-12H2,1-3H3. The molecule has 0 bridgehead atoms. The highest BCUT2D eigenvalue weighted by Crippen LogP contribution is 2.38. The van der Waals surface area contributed by atoms with E-state index < -0.39 is 0 Å². The van der Waals surface area contributed by atoms with Gasteiger partial charge in [-0.3, -0.25) is 0 Å². The fraction of sp³-hybridized carbons (Fsp3) is 0.684. The minimum absolute atomic E-state index is 0.463. The van der Waals surface area contributed by atoms with Crippen molar-refractivity contribution in [2.75, 3.05) is 6.61 Å². The minimum atomic E-state index is 0.463. The molecule has 2 aliphatic rings. The molecule has 116 valence electrons. The van der Waals surface area contributed by atoms with Gasteiger partial charge in [0.1, 0.15) is 5.75 Å². The van der Waals surface area contributed by atoms with Crippen molar-refractivity contribution >= 4 is 0 Å². The SMILES string of the molecule is CCC1CCC(NC2CCCOc3c(C)cccc32)C1C. The Balaban J connectivity index is 1.79. The fourth-order valence-electron chi connectivity index (χ4n) is 4.25. The van der Waals surface area contributed by atoms with E-state index in [1.54, 1.807) is 0 Å². The van der Waals surface area contributed by atoms with E-state index in [1.807, 2.05) is 0 Å². The molecule has 1 heterocycles. The highest BCUT2D eigenvalue weighted by molar-refractivity contribution is 5.43. The molecule has 1 aliphatic carbocycles. The number of ether oxygens (including phenoxy) is 1. The Kier molecular flexibility index (Phi) is 4.54. The van der Waals surface area contributed by atoms with E-state index in [1.165, 1.54) is 36.8 Å². The molecule has 0 amide bonds. The molecule has 4 atom stereocenters. The Labute approximate surface area is 129 Å². The van der Waals surface area contributed by atoms with Crippen LogP contribution in [0.15, 0.2) is 18.2 Å². The zero-order valence-corrected chi connectivity index (χ0v) is 13.7. The second-order valence-electron chi connectivity index (χ2n) is 6.91. The van der Waals surface area contributed by atoms with Crippen LogP contribution >= 0.6 is 0 Å². The Bertz CT molecular complexity index is 484. The van der Waals surface area contributed by atoms with Crippen LogP contribution in [0, 0.1) is 18.8 Å². The van der Waals surface area contributed by atoms with Gasteiger partial charge in [-0.05, 0) is 50.0 Å². The quantitative estimate of drug-likeness (QED) is 0.875. The van der Waals surface area contributed by atoms with Crippen LogP contribution in [0.3, 0.4) is 0 Å². The normalized spacial score (nSPS) is 32.3. The maximum atomic E-state index is 6.00. The van der Waals surface area contributed by atoms with E-state index in [4.69, 9.17) is 4.74 Å². The molecular weight excluding hydrogens is 258 g/mol. The molecule has 21 heavy (non-hydrogen) atoms. The summed E-state index contributed by atoms with van der Waals surface area (Å²) in [5.41, 5.74) is 2.65. The predicted molar refractivity (Wildman–Crippen MR) is 87.8 cm³/mol. The zero-order valence-electron chi connectivity index (χ0n) is 13.7. The van der Waals surface area contributed by atoms with Crippen LogP contribution in [0.4, 0.5) is 0 Å². The first-order chi connectivity index (χ1) is 10.2. The van der Waals surface area contributed by atoms with Crippen LogP contribution in [0.25, 0.3) is 0 Å². The molecule has 2 nitrogen and oxygen atoms in total. The number of hydrogen-bond acceptors (Lipinski definition) is 2. The van der Waals surface area contributed by atoms with E-state index in [-0.39, 0.29) is 0 Å². The number of benzene rings is 1. The molecule has 1 fully saturated rings. The fourth-order valence-corrected chi connectivity index (χ4v) is 4.25. The van der Waals surface area contributed by atoms with E-state index in [9.17, 15) is 0 Å².